The van der Waals surface area contributed by atoms with Crippen molar-refractivity contribution in [2.45, 2.75) is 46.0 Å². The van der Waals surface area contributed by atoms with Crippen LogP contribution in [0.15, 0.2) is 42.5 Å². The van der Waals surface area contributed by atoms with Gasteiger partial charge in [-0.05, 0) is 47.2 Å². The van der Waals surface area contributed by atoms with E-state index in [1.807, 2.05) is 38.1 Å². The molecule has 0 amide bonds. The molecule has 0 radical (unpaired) electrons. The standard InChI is InChI=1S/C23H26N2O4/c1-13(2)21-19(22(28)29)20(14-6-11-17(26)18(27)12-14)24-25(21)16-9-7-15(8-10-16)23(3,4)5/h6-13,26-27H,1-5H3,(H,28,29). The molecule has 3 N–H and O–H groups in total. The quantitative estimate of drug-likeness (QED) is 0.537. The van der Waals surface area contributed by atoms with Gasteiger partial charge in [-0.1, -0.05) is 46.8 Å². The molecular formula is C23H26N2O4. The van der Waals surface area contributed by atoms with Crippen molar-refractivity contribution >= 4 is 5.97 Å². The van der Waals surface area contributed by atoms with Gasteiger partial charge < -0.3 is 15.3 Å². The van der Waals surface area contributed by atoms with E-state index in [9.17, 15) is 20.1 Å². The molecule has 6 heteroatoms. The summed E-state index contributed by atoms with van der Waals surface area (Å²) in [5, 5.41) is 34.0. The van der Waals surface area contributed by atoms with Gasteiger partial charge in [0.15, 0.2) is 11.5 Å². The minimum absolute atomic E-state index is 0.00444. The highest BCUT2D eigenvalue weighted by molar-refractivity contribution is 5.97. The Morgan fingerprint density at radius 3 is 2.10 bits per heavy atom. The van der Waals surface area contributed by atoms with Crippen LogP contribution in [0, 0.1) is 0 Å². The second-order valence-corrected chi connectivity index (χ2v) is 8.48. The lowest BCUT2D eigenvalue weighted by molar-refractivity contribution is 0.0696. The fraction of sp³-hybridized carbons (Fsp3) is 0.304. The van der Waals surface area contributed by atoms with Gasteiger partial charge in [-0.3, -0.25) is 0 Å². The van der Waals surface area contributed by atoms with Gasteiger partial charge in [0.05, 0.1) is 11.4 Å². The predicted molar refractivity (Wildman–Crippen MR) is 112 cm³/mol. The van der Waals surface area contributed by atoms with Gasteiger partial charge >= 0.3 is 5.97 Å². The number of carboxylic acid groups (broad SMARTS) is 1. The first kappa shape index (κ1) is 20.5. The fourth-order valence-electron chi connectivity index (χ4n) is 3.35. The predicted octanol–water partition coefficient (Wildman–Crippen LogP) is 5.07. The van der Waals surface area contributed by atoms with Crippen LogP contribution in [-0.2, 0) is 5.41 Å². The number of hydrogen-bond acceptors (Lipinski definition) is 4. The molecule has 0 bridgehead atoms. The highest BCUT2D eigenvalue weighted by atomic mass is 16.4. The third kappa shape index (κ3) is 3.83. The average Bonchev–Trinajstić information content (AvgIpc) is 3.04. The number of benzene rings is 2. The van der Waals surface area contributed by atoms with E-state index < -0.39 is 5.97 Å². The average molecular weight is 394 g/mol. The number of aromatic carboxylic acids is 1. The molecule has 1 aromatic heterocycles. The minimum atomic E-state index is -1.09. The Balaban J connectivity index is 2.25. The Hall–Kier alpha value is -3.28. The number of aromatic hydroxyl groups is 2. The van der Waals surface area contributed by atoms with E-state index in [0.717, 1.165) is 5.69 Å². The molecule has 3 rings (SSSR count). The van der Waals surface area contributed by atoms with Crippen LogP contribution in [0.25, 0.3) is 16.9 Å². The zero-order valence-electron chi connectivity index (χ0n) is 17.3. The number of nitrogens with zero attached hydrogens (tertiary/aromatic N) is 2. The van der Waals surface area contributed by atoms with Gasteiger partial charge in [-0.2, -0.15) is 5.10 Å². The van der Waals surface area contributed by atoms with Gasteiger partial charge in [0.1, 0.15) is 11.3 Å². The van der Waals surface area contributed by atoms with E-state index in [1.165, 1.54) is 17.7 Å². The van der Waals surface area contributed by atoms with Crippen molar-refractivity contribution in [3.63, 3.8) is 0 Å². The van der Waals surface area contributed by atoms with Crippen molar-refractivity contribution in [3.05, 3.63) is 59.3 Å². The van der Waals surface area contributed by atoms with Gasteiger partial charge in [0.25, 0.3) is 0 Å². The Kier molecular flexibility index (Phi) is 5.13. The number of carboxylic acids is 1. The third-order valence-electron chi connectivity index (χ3n) is 4.91. The Bertz CT molecular complexity index is 1060. The van der Waals surface area contributed by atoms with Crippen LogP contribution < -0.4 is 0 Å². The second kappa shape index (κ2) is 7.28. The van der Waals surface area contributed by atoms with Gasteiger partial charge in [0, 0.05) is 5.56 Å². The highest BCUT2D eigenvalue weighted by Gasteiger charge is 2.27. The minimum Gasteiger partial charge on any atom is -0.504 e. The zero-order chi connectivity index (χ0) is 21.5. The molecule has 6 nitrogen and oxygen atoms in total. The summed E-state index contributed by atoms with van der Waals surface area (Å²) in [4.78, 5) is 12.1. The first-order valence-corrected chi connectivity index (χ1v) is 9.50. The van der Waals surface area contributed by atoms with Crippen LogP contribution in [0.4, 0.5) is 0 Å². The molecule has 0 fully saturated rings. The lowest BCUT2D eigenvalue weighted by atomic mass is 9.87. The fourth-order valence-corrected chi connectivity index (χ4v) is 3.35. The molecule has 0 saturated heterocycles. The largest absolute Gasteiger partial charge is 0.504 e. The Labute approximate surface area is 170 Å². The van der Waals surface area contributed by atoms with Crippen molar-refractivity contribution in [1.82, 2.24) is 9.78 Å². The first-order chi connectivity index (χ1) is 13.5. The van der Waals surface area contributed by atoms with E-state index in [0.29, 0.717) is 11.3 Å². The molecule has 0 spiro atoms. The van der Waals surface area contributed by atoms with E-state index in [1.54, 1.807) is 10.7 Å². The highest BCUT2D eigenvalue weighted by Crippen LogP contribution is 2.36. The van der Waals surface area contributed by atoms with Crippen LogP contribution in [0.1, 0.15) is 62.2 Å². The van der Waals surface area contributed by atoms with Crippen LogP contribution >= 0.6 is 0 Å². The van der Waals surface area contributed by atoms with E-state index in [4.69, 9.17) is 0 Å². The summed E-state index contributed by atoms with van der Waals surface area (Å²) in [6.07, 6.45) is 0. The third-order valence-corrected chi connectivity index (χ3v) is 4.91. The van der Waals surface area contributed by atoms with Crippen molar-refractivity contribution < 1.29 is 20.1 Å². The molecule has 0 saturated carbocycles. The molecule has 2 aromatic carbocycles. The number of phenols is 2. The second-order valence-electron chi connectivity index (χ2n) is 8.48. The van der Waals surface area contributed by atoms with E-state index in [-0.39, 0.29) is 34.1 Å². The summed E-state index contributed by atoms with van der Waals surface area (Å²) in [6.45, 7) is 10.2. The van der Waals surface area contributed by atoms with Gasteiger partial charge in [-0.25, -0.2) is 9.48 Å². The van der Waals surface area contributed by atoms with Crippen molar-refractivity contribution in [2.24, 2.45) is 0 Å². The van der Waals surface area contributed by atoms with Gasteiger partial charge in [0.2, 0.25) is 0 Å². The molecule has 29 heavy (non-hydrogen) atoms. The van der Waals surface area contributed by atoms with Crippen LogP contribution in [-0.4, -0.2) is 31.1 Å². The van der Waals surface area contributed by atoms with E-state index in [2.05, 4.69) is 25.9 Å². The van der Waals surface area contributed by atoms with E-state index >= 15 is 0 Å². The molecule has 0 aliphatic carbocycles. The van der Waals surface area contributed by atoms with Crippen LogP contribution in [0.5, 0.6) is 11.5 Å². The molecule has 152 valence electrons. The SMILES string of the molecule is CC(C)c1c(C(=O)O)c(-c2ccc(O)c(O)c2)nn1-c1ccc(C(C)(C)C)cc1. The lowest BCUT2D eigenvalue weighted by Gasteiger charge is -2.19. The molecular weight excluding hydrogens is 368 g/mol. The molecule has 0 aliphatic rings. The molecule has 0 unspecified atom stereocenters. The lowest BCUT2D eigenvalue weighted by Crippen LogP contribution is -2.12. The van der Waals surface area contributed by atoms with Crippen molar-refractivity contribution in [3.8, 4) is 28.4 Å². The number of carbonyl (C=O) groups is 1. The molecule has 3 aromatic rings. The Morgan fingerprint density at radius 2 is 1.62 bits per heavy atom. The molecule has 0 atom stereocenters. The maximum absolute atomic E-state index is 12.1. The number of aromatic nitrogens is 2. The van der Waals surface area contributed by atoms with Crippen LogP contribution in [0.3, 0.4) is 0 Å². The maximum Gasteiger partial charge on any atom is 0.339 e. The number of hydrogen-bond donors (Lipinski definition) is 3. The Morgan fingerprint density at radius 1 is 1.00 bits per heavy atom. The first-order valence-electron chi connectivity index (χ1n) is 9.50. The molecule has 1 heterocycles. The summed E-state index contributed by atoms with van der Waals surface area (Å²) >= 11 is 0. The summed E-state index contributed by atoms with van der Waals surface area (Å²) in [5.74, 6) is -1.79. The van der Waals surface area contributed by atoms with Gasteiger partial charge in [-0.15, -0.1) is 0 Å². The van der Waals surface area contributed by atoms with Crippen molar-refractivity contribution in [1.29, 1.82) is 0 Å². The molecule has 0 aliphatic heterocycles. The maximum atomic E-state index is 12.1. The number of rotatable bonds is 4. The summed E-state index contributed by atoms with van der Waals surface area (Å²) in [7, 11) is 0. The summed E-state index contributed by atoms with van der Waals surface area (Å²) in [5.41, 5.74) is 3.26. The smallest absolute Gasteiger partial charge is 0.339 e. The topological polar surface area (TPSA) is 95.6 Å². The summed E-state index contributed by atoms with van der Waals surface area (Å²) in [6, 6.07) is 12.1. The monoisotopic (exact) mass is 394 g/mol. The van der Waals surface area contributed by atoms with Crippen molar-refractivity contribution in [2.75, 3.05) is 0 Å². The van der Waals surface area contributed by atoms with Crippen LogP contribution in [0.2, 0.25) is 0 Å². The number of phenolic OH excluding ortho intramolecular Hbond substituents is 2. The normalized spacial score (nSPS) is 11.8. The zero-order valence-corrected chi connectivity index (χ0v) is 17.3. The summed E-state index contributed by atoms with van der Waals surface area (Å²) < 4.78 is 1.65.